The molecule has 0 heterocycles. The van der Waals surface area contributed by atoms with E-state index in [1.165, 1.54) is 0 Å². The molecule has 1 aromatic rings. The number of aliphatic carboxylic acids is 1. The van der Waals surface area contributed by atoms with Crippen molar-refractivity contribution in [2.75, 3.05) is 6.54 Å². The van der Waals surface area contributed by atoms with E-state index >= 15 is 0 Å². The molecule has 8 nitrogen and oxygen atoms in total. The van der Waals surface area contributed by atoms with Gasteiger partial charge in [-0.15, -0.1) is 0 Å². The fourth-order valence-corrected chi connectivity index (χ4v) is 1.81. The molecule has 1 atom stereocenters. The van der Waals surface area contributed by atoms with Gasteiger partial charge in [-0.05, 0) is 18.4 Å². The molecule has 1 rings (SSSR count). The summed E-state index contributed by atoms with van der Waals surface area (Å²) >= 11 is 0. The average molecular weight is 333 g/mol. The maximum Gasteiger partial charge on any atom is 0.407 e. The van der Waals surface area contributed by atoms with Gasteiger partial charge in [-0.3, -0.25) is 4.79 Å². The number of carboxylic acids is 1. The van der Waals surface area contributed by atoms with Gasteiger partial charge in [0, 0.05) is 6.42 Å². The number of unbranched alkanes of at least 4 members (excludes halogenated alkanes) is 1. The van der Waals surface area contributed by atoms with E-state index in [4.69, 9.17) is 15.1 Å². The van der Waals surface area contributed by atoms with Crippen LogP contribution < -0.4 is 10.6 Å². The third-order valence-electron chi connectivity index (χ3n) is 3.02. The van der Waals surface area contributed by atoms with Crippen LogP contribution in [0.25, 0.3) is 0 Å². The standard InChI is InChI=1S/C16H19N3O5/c17-9-5-4-8-13(15(21)22)19-14(20)10-18-16(23)24-11-12-6-2-1-3-7-12/h1-3,6-7,13H,4-5,8,10-11H2,(H,18,23)(H,19,20)(H,21,22)/t13-/m0/s1. The zero-order valence-corrected chi connectivity index (χ0v) is 13.0. The molecule has 24 heavy (non-hydrogen) atoms. The minimum Gasteiger partial charge on any atom is -0.480 e. The molecule has 0 aromatic heterocycles. The summed E-state index contributed by atoms with van der Waals surface area (Å²) in [5, 5.41) is 22.0. The fraction of sp³-hybridized carbons (Fsp3) is 0.375. The molecule has 8 heteroatoms. The Morgan fingerprint density at radius 3 is 2.58 bits per heavy atom. The van der Waals surface area contributed by atoms with Gasteiger partial charge < -0.3 is 20.5 Å². The predicted octanol–water partition coefficient (Wildman–Crippen LogP) is 1.18. The lowest BCUT2D eigenvalue weighted by Crippen LogP contribution is -2.45. The minimum absolute atomic E-state index is 0.0696. The van der Waals surface area contributed by atoms with Gasteiger partial charge in [0.2, 0.25) is 5.91 Å². The molecular weight excluding hydrogens is 314 g/mol. The van der Waals surface area contributed by atoms with Crippen molar-refractivity contribution in [3.05, 3.63) is 35.9 Å². The highest BCUT2D eigenvalue weighted by molar-refractivity contribution is 5.86. The second kappa shape index (κ2) is 10.6. The van der Waals surface area contributed by atoms with Crippen molar-refractivity contribution in [3.8, 4) is 6.07 Å². The zero-order chi connectivity index (χ0) is 17.8. The minimum atomic E-state index is -1.19. The van der Waals surface area contributed by atoms with Gasteiger partial charge in [0.15, 0.2) is 0 Å². The number of hydrogen-bond acceptors (Lipinski definition) is 5. The van der Waals surface area contributed by atoms with E-state index in [0.29, 0.717) is 6.42 Å². The molecule has 1 aromatic carbocycles. The molecule has 0 bridgehead atoms. The molecule has 128 valence electrons. The van der Waals surface area contributed by atoms with E-state index in [1.54, 1.807) is 12.1 Å². The first-order valence-electron chi connectivity index (χ1n) is 7.36. The largest absolute Gasteiger partial charge is 0.480 e. The van der Waals surface area contributed by atoms with Gasteiger partial charge in [0.1, 0.15) is 19.2 Å². The summed E-state index contributed by atoms with van der Waals surface area (Å²) < 4.78 is 4.93. The summed E-state index contributed by atoms with van der Waals surface area (Å²) in [6.07, 6.45) is -0.0535. The summed E-state index contributed by atoms with van der Waals surface area (Å²) in [5.41, 5.74) is 0.806. The zero-order valence-electron chi connectivity index (χ0n) is 13.0. The molecule has 2 amide bonds. The number of alkyl carbamates (subject to hydrolysis) is 1. The van der Waals surface area contributed by atoms with Crippen LogP contribution in [-0.4, -0.2) is 35.7 Å². The Balaban J connectivity index is 2.29. The van der Waals surface area contributed by atoms with E-state index in [2.05, 4.69) is 10.6 Å². The Morgan fingerprint density at radius 1 is 1.25 bits per heavy atom. The number of carbonyl (C=O) groups excluding carboxylic acids is 2. The van der Waals surface area contributed by atoms with E-state index in [9.17, 15) is 14.4 Å². The number of nitrogens with one attached hydrogen (secondary N) is 2. The lowest BCUT2D eigenvalue weighted by molar-refractivity contribution is -0.141. The van der Waals surface area contributed by atoms with Crippen molar-refractivity contribution in [2.24, 2.45) is 0 Å². The quantitative estimate of drug-likeness (QED) is 0.582. The summed E-state index contributed by atoms with van der Waals surface area (Å²) in [5.74, 6) is -1.83. The van der Waals surface area contributed by atoms with Crippen LogP contribution in [0.4, 0.5) is 4.79 Å². The fourth-order valence-electron chi connectivity index (χ4n) is 1.81. The molecule has 0 aliphatic rings. The van der Waals surface area contributed by atoms with Crippen LogP contribution >= 0.6 is 0 Å². The molecule has 0 aliphatic heterocycles. The van der Waals surface area contributed by atoms with Crippen molar-refractivity contribution in [1.29, 1.82) is 5.26 Å². The number of ether oxygens (including phenoxy) is 1. The van der Waals surface area contributed by atoms with E-state index in [-0.39, 0.29) is 19.4 Å². The smallest absolute Gasteiger partial charge is 0.407 e. The first-order valence-corrected chi connectivity index (χ1v) is 7.36. The second-order valence-electron chi connectivity index (χ2n) is 4.92. The summed E-state index contributed by atoms with van der Waals surface area (Å²) in [6.45, 7) is -0.324. The highest BCUT2D eigenvalue weighted by atomic mass is 16.5. The molecule has 0 spiro atoms. The van der Waals surface area contributed by atoms with E-state index in [0.717, 1.165) is 5.56 Å². The summed E-state index contributed by atoms with van der Waals surface area (Å²) in [4.78, 5) is 34.2. The van der Waals surface area contributed by atoms with Crippen LogP contribution in [0, 0.1) is 11.3 Å². The third-order valence-corrected chi connectivity index (χ3v) is 3.02. The first kappa shape index (κ1) is 19.0. The van der Waals surface area contributed by atoms with Crippen molar-refractivity contribution >= 4 is 18.0 Å². The van der Waals surface area contributed by atoms with Crippen molar-refractivity contribution in [1.82, 2.24) is 10.6 Å². The third kappa shape index (κ3) is 7.79. The van der Waals surface area contributed by atoms with Crippen LogP contribution in [0.3, 0.4) is 0 Å². The Morgan fingerprint density at radius 2 is 1.96 bits per heavy atom. The van der Waals surface area contributed by atoms with E-state index < -0.39 is 30.6 Å². The number of amides is 2. The monoisotopic (exact) mass is 333 g/mol. The lowest BCUT2D eigenvalue weighted by atomic mass is 10.1. The van der Waals surface area contributed by atoms with E-state index in [1.807, 2.05) is 24.3 Å². The number of nitriles is 1. The first-order chi connectivity index (χ1) is 11.5. The number of carboxylic acid groups (broad SMARTS) is 1. The predicted molar refractivity (Wildman–Crippen MR) is 83.7 cm³/mol. The van der Waals surface area contributed by atoms with Crippen molar-refractivity contribution in [3.63, 3.8) is 0 Å². The van der Waals surface area contributed by atoms with Crippen LogP contribution in [0.2, 0.25) is 0 Å². The number of nitrogens with zero attached hydrogens (tertiary/aromatic N) is 1. The molecule has 3 N–H and O–H groups in total. The molecule has 0 saturated heterocycles. The van der Waals surface area contributed by atoms with Gasteiger partial charge in [0.25, 0.3) is 0 Å². The SMILES string of the molecule is N#CCCC[C@H](NC(=O)CNC(=O)OCc1ccccc1)C(=O)O. The second-order valence-corrected chi connectivity index (χ2v) is 4.92. The molecule has 0 fully saturated rings. The van der Waals surface area contributed by atoms with Crippen molar-refractivity contribution < 1.29 is 24.2 Å². The van der Waals surface area contributed by atoms with Crippen molar-refractivity contribution in [2.45, 2.75) is 31.9 Å². The molecule has 0 aliphatic carbocycles. The normalized spacial score (nSPS) is 11.0. The molecular formula is C16H19N3O5. The van der Waals surface area contributed by atoms with Gasteiger partial charge in [-0.25, -0.2) is 9.59 Å². The Bertz CT molecular complexity index is 597. The number of rotatable bonds is 9. The van der Waals surface area contributed by atoms with Crippen LogP contribution in [0.15, 0.2) is 30.3 Å². The number of hydrogen-bond donors (Lipinski definition) is 3. The maximum absolute atomic E-state index is 11.7. The maximum atomic E-state index is 11.7. The van der Waals surface area contributed by atoms with Crippen LogP contribution in [0.5, 0.6) is 0 Å². The topological polar surface area (TPSA) is 129 Å². The average Bonchev–Trinajstić information content (AvgIpc) is 2.58. The van der Waals surface area contributed by atoms with Gasteiger partial charge in [-0.1, -0.05) is 30.3 Å². The Hall–Kier alpha value is -3.08. The molecule has 0 radical (unpaired) electrons. The Labute approximate surface area is 139 Å². The van der Waals surface area contributed by atoms with Crippen LogP contribution in [-0.2, 0) is 20.9 Å². The van der Waals surface area contributed by atoms with Gasteiger partial charge in [0.05, 0.1) is 6.07 Å². The highest BCUT2D eigenvalue weighted by Gasteiger charge is 2.19. The highest BCUT2D eigenvalue weighted by Crippen LogP contribution is 2.01. The van der Waals surface area contributed by atoms with Crippen LogP contribution in [0.1, 0.15) is 24.8 Å². The summed E-state index contributed by atoms with van der Waals surface area (Å²) in [6, 6.07) is 9.85. The lowest BCUT2D eigenvalue weighted by Gasteiger charge is -2.14. The molecule has 0 saturated carbocycles. The number of carbonyl (C=O) groups is 3. The Kier molecular flexibility index (Phi) is 8.39. The summed E-state index contributed by atoms with van der Waals surface area (Å²) in [7, 11) is 0. The van der Waals surface area contributed by atoms with Gasteiger partial charge in [-0.2, -0.15) is 5.26 Å². The number of benzene rings is 1. The molecule has 0 unspecified atom stereocenters. The van der Waals surface area contributed by atoms with Gasteiger partial charge >= 0.3 is 12.1 Å².